The molecule has 18 heavy (non-hydrogen) atoms. The number of fused-ring (bicyclic) bond motifs is 1. The molecular formula is C13H16ClN3O. The topological polar surface area (TPSA) is 46.4 Å². The first kappa shape index (κ1) is 12.9. The second kappa shape index (κ2) is 4.61. The van der Waals surface area contributed by atoms with Crippen molar-refractivity contribution in [2.75, 3.05) is 0 Å². The smallest absolute Gasteiger partial charge is 0.226 e. The van der Waals surface area contributed by atoms with E-state index in [-0.39, 0.29) is 17.9 Å². The zero-order valence-electron chi connectivity index (χ0n) is 10.7. The number of hydrogen-bond acceptors (Lipinski definition) is 2. The van der Waals surface area contributed by atoms with Gasteiger partial charge >= 0.3 is 0 Å². The van der Waals surface area contributed by atoms with Gasteiger partial charge < -0.3 is 9.72 Å². The molecule has 0 aliphatic carbocycles. The molecule has 0 aliphatic rings. The molecule has 96 valence electrons. The molecule has 0 saturated heterocycles. The van der Waals surface area contributed by atoms with Gasteiger partial charge in [-0.15, -0.1) is 0 Å². The molecule has 5 heteroatoms. The number of hydrogen-bond donors (Lipinski definition) is 1. The number of nitrogens with one attached hydrogen (secondary N) is 1. The zero-order chi connectivity index (χ0) is 13.3. The summed E-state index contributed by atoms with van der Waals surface area (Å²) >= 11 is 5.89. The average molecular weight is 266 g/mol. The average Bonchev–Trinajstić information content (AvgIpc) is 2.55. The number of aromatic nitrogens is 2. The van der Waals surface area contributed by atoms with Crippen LogP contribution < -0.4 is 5.32 Å². The molecule has 2 rings (SSSR count). The van der Waals surface area contributed by atoms with Crippen LogP contribution in [0.4, 0.5) is 0 Å². The van der Waals surface area contributed by atoms with Crippen molar-refractivity contribution in [2.24, 2.45) is 0 Å². The second-order valence-corrected chi connectivity index (χ2v) is 5.76. The molecule has 2 heterocycles. The molecule has 0 unspecified atom stereocenters. The SMILES string of the molecule is CC(C)(C)NC(=O)Cc1cn2cc(Cl)ccc2n1. The second-order valence-electron chi connectivity index (χ2n) is 5.32. The van der Waals surface area contributed by atoms with Crippen LogP contribution in [0.3, 0.4) is 0 Å². The first-order valence-electron chi connectivity index (χ1n) is 5.78. The molecule has 2 aromatic rings. The van der Waals surface area contributed by atoms with E-state index >= 15 is 0 Å². The fourth-order valence-corrected chi connectivity index (χ4v) is 1.90. The predicted octanol–water partition coefficient (Wildman–Crippen LogP) is 2.44. The molecule has 0 radical (unpaired) electrons. The highest BCUT2D eigenvalue weighted by Crippen LogP contribution is 2.12. The van der Waals surface area contributed by atoms with Gasteiger partial charge in [-0.3, -0.25) is 4.79 Å². The number of nitrogens with zero attached hydrogens (tertiary/aromatic N) is 2. The van der Waals surface area contributed by atoms with Gasteiger partial charge in [0.1, 0.15) is 5.65 Å². The van der Waals surface area contributed by atoms with Gasteiger partial charge in [-0.05, 0) is 32.9 Å². The molecular weight excluding hydrogens is 250 g/mol. The Hall–Kier alpha value is -1.55. The third-order valence-electron chi connectivity index (χ3n) is 2.32. The summed E-state index contributed by atoms with van der Waals surface area (Å²) in [6.45, 7) is 5.86. The number of pyridine rings is 1. The summed E-state index contributed by atoms with van der Waals surface area (Å²) in [5.41, 5.74) is 1.30. The van der Waals surface area contributed by atoms with Crippen molar-refractivity contribution in [1.82, 2.24) is 14.7 Å². The number of carbonyl (C=O) groups excluding carboxylic acids is 1. The lowest BCUT2D eigenvalue weighted by molar-refractivity contribution is -0.121. The van der Waals surface area contributed by atoms with Gasteiger partial charge in [-0.1, -0.05) is 11.6 Å². The van der Waals surface area contributed by atoms with Gasteiger partial charge in [0.2, 0.25) is 5.91 Å². The van der Waals surface area contributed by atoms with Crippen molar-refractivity contribution in [1.29, 1.82) is 0 Å². The van der Waals surface area contributed by atoms with E-state index in [2.05, 4.69) is 10.3 Å². The van der Waals surface area contributed by atoms with E-state index < -0.39 is 0 Å². The van der Waals surface area contributed by atoms with Crippen molar-refractivity contribution in [3.05, 3.63) is 35.2 Å². The van der Waals surface area contributed by atoms with E-state index in [0.717, 1.165) is 11.3 Å². The number of rotatable bonds is 2. The van der Waals surface area contributed by atoms with Gasteiger partial charge in [-0.25, -0.2) is 4.98 Å². The summed E-state index contributed by atoms with van der Waals surface area (Å²) in [7, 11) is 0. The molecule has 0 aliphatic heterocycles. The van der Waals surface area contributed by atoms with Crippen molar-refractivity contribution in [3.8, 4) is 0 Å². The van der Waals surface area contributed by atoms with Gasteiger partial charge in [-0.2, -0.15) is 0 Å². The Kier molecular flexibility index (Phi) is 3.30. The minimum Gasteiger partial charge on any atom is -0.351 e. The Morgan fingerprint density at radius 2 is 2.11 bits per heavy atom. The van der Waals surface area contributed by atoms with Crippen LogP contribution >= 0.6 is 11.6 Å². The highest BCUT2D eigenvalue weighted by Gasteiger charge is 2.15. The molecule has 0 saturated carbocycles. The Morgan fingerprint density at radius 3 is 2.78 bits per heavy atom. The Morgan fingerprint density at radius 1 is 1.39 bits per heavy atom. The number of carbonyl (C=O) groups is 1. The molecule has 0 bridgehead atoms. The Bertz CT molecular complexity index is 583. The van der Waals surface area contributed by atoms with Crippen LogP contribution in [-0.4, -0.2) is 20.8 Å². The minimum absolute atomic E-state index is 0.0306. The highest BCUT2D eigenvalue weighted by molar-refractivity contribution is 6.30. The summed E-state index contributed by atoms with van der Waals surface area (Å²) in [6.07, 6.45) is 3.87. The lowest BCUT2D eigenvalue weighted by Gasteiger charge is -2.19. The van der Waals surface area contributed by atoms with E-state index in [1.165, 1.54) is 0 Å². The molecule has 1 N–H and O–H groups in total. The molecule has 0 spiro atoms. The Balaban J connectivity index is 2.15. The van der Waals surface area contributed by atoms with Crippen molar-refractivity contribution in [3.63, 3.8) is 0 Å². The first-order valence-corrected chi connectivity index (χ1v) is 6.15. The summed E-state index contributed by atoms with van der Waals surface area (Å²) in [5.74, 6) is -0.0306. The van der Waals surface area contributed by atoms with Crippen LogP contribution in [0.25, 0.3) is 5.65 Å². The van der Waals surface area contributed by atoms with E-state index in [0.29, 0.717) is 5.02 Å². The summed E-state index contributed by atoms with van der Waals surface area (Å²) in [4.78, 5) is 16.2. The van der Waals surface area contributed by atoms with E-state index in [1.807, 2.05) is 37.4 Å². The van der Waals surface area contributed by atoms with Gasteiger partial charge in [0.15, 0.2) is 0 Å². The van der Waals surface area contributed by atoms with Gasteiger partial charge in [0, 0.05) is 17.9 Å². The number of amides is 1. The maximum atomic E-state index is 11.8. The largest absolute Gasteiger partial charge is 0.351 e. The Labute approximate surface area is 111 Å². The molecule has 2 aromatic heterocycles. The summed E-state index contributed by atoms with van der Waals surface area (Å²) in [6, 6.07) is 3.61. The summed E-state index contributed by atoms with van der Waals surface area (Å²) < 4.78 is 1.82. The summed E-state index contributed by atoms with van der Waals surface area (Å²) in [5, 5.41) is 3.55. The third kappa shape index (κ3) is 3.23. The quantitative estimate of drug-likeness (QED) is 0.907. The maximum absolute atomic E-state index is 11.8. The fourth-order valence-electron chi connectivity index (χ4n) is 1.73. The lowest BCUT2D eigenvalue weighted by atomic mass is 10.1. The maximum Gasteiger partial charge on any atom is 0.226 e. The van der Waals surface area contributed by atoms with Crippen LogP contribution in [0.1, 0.15) is 26.5 Å². The van der Waals surface area contributed by atoms with Crippen LogP contribution in [0, 0.1) is 0 Å². The standard InChI is InChI=1S/C13H16ClN3O/c1-13(2,3)16-12(18)6-10-8-17-7-9(14)4-5-11(17)15-10/h4-5,7-8H,6H2,1-3H3,(H,16,18). The van der Waals surface area contributed by atoms with Crippen molar-refractivity contribution >= 4 is 23.2 Å². The third-order valence-corrected chi connectivity index (χ3v) is 2.54. The minimum atomic E-state index is -0.223. The lowest BCUT2D eigenvalue weighted by Crippen LogP contribution is -2.41. The highest BCUT2D eigenvalue weighted by atomic mass is 35.5. The molecule has 0 fully saturated rings. The fraction of sp³-hybridized carbons (Fsp3) is 0.385. The molecule has 4 nitrogen and oxygen atoms in total. The van der Waals surface area contributed by atoms with Gasteiger partial charge in [0.05, 0.1) is 17.1 Å². The zero-order valence-corrected chi connectivity index (χ0v) is 11.5. The number of halogens is 1. The van der Waals surface area contributed by atoms with Crippen molar-refractivity contribution in [2.45, 2.75) is 32.7 Å². The molecule has 1 amide bonds. The first-order chi connectivity index (χ1) is 8.33. The monoisotopic (exact) mass is 265 g/mol. The normalized spacial score (nSPS) is 11.8. The van der Waals surface area contributed by atoms with Crippen LogP contribution in [0.2, 0.25) is 5.02 Å². The van der Waals surface area contributed by atoms with Crippen LogP contribution in [0.5, 0.6) is 0 Å². The molecule has 0 atom stereocenters. The van der Waals surface area contributed by atoms with E-state index in [9.17, 15) is 4.79 Å². The van der Waals surface area contributed by atoms with E-state index in [4.69, 9.17) is 11.6 Å². The van der Waals surface area contributed by atoms with Crippen LogP contribution in [0.15, 0.2) is 24.5 Å². The predicted molar refractivity (Wildman–Crippen MR) is 71.8 cm³/mol. The number of imidazole rings is 1. The van der Waals surface area contributed by atoms with E-state index in [1.54, 1.807) is 12.3 Å². The van der Waals surface area contributed by atoms with Crippen LogP contribution in [-0.2, 0) is 11.2 Å². The van der Waals surface area contributed by atoms with Crippen molar-refractivity contribution < 1.29 is 4.79 Å². The molecule has 0 aromatic carbocycles. The van der Waals surface area contributed by atoms with Gasteiger partial charge in [0.25, 0.3) is 0 Å².